The predicted octanol–water partition coefficient (Wildman–Crippen LogP) is 2.88. The molecule has 0 saturated carbocycles. The number of hydrogen-bond acceptors (Lipinski definition) is 1. The smallest absolute Gasteiger partial charge is 0.126 e. The largest absolute Gasteiger partial charge is 0.321 e. The van der Waals surface area contributed by atoms with E-state index in [-0.39, 0.29) is 5.82 Å². The zero-order valence-corrected chi connectivity index (χ0v) is 8.68. The van der Waals surface area contributed by atoms with Gasteiger partial charge in [0.25, 0.3) is 0 Å². The van der Waals surface area contributed by atoms with Gasteiger partial charge in [-0.1, -0.05) is 18.2 Å². The van der Waals surface area contributed by atoms with E-state index >= 15 is 0 Å². The lowest BCUT2D eigenvalue weighted by Gasteiger charge is -2.23. The van der Waals surface area contributed by atoms with Crippen LogP contribution in [0.2, 0.25) is 0 Å². The van der Waals surface area contributed by atoms with Crippen LogP contribution in [0.5, 0.6) is 0 Å². The highest BCUT2D eigenvalue weighted by atomic mass is 19.1. The van der Waals surface area contributed by atoms with E-state index in [1.807, 2.05) is 13.0 Å². The molecule has 14 heavy (non-hydrogen) atoms. The minimum atomic E-state index is -0.531. The zero-order chi connectivity index (χ0) is 10.8. The molecule has 0 fully saturated rings. The summed E-state index contributed by atoms with van der Waals surface area (Å²) in [6, 6.07) is 5.11. The molecule has 0 aliphatic heterocycles. The van der Waals surface area contributed by atoms with E-state index in [4.69, 9.17) is 5.73 Å². The van der Waals surface area contributed by atoms with E-state index in [9.17, 15) is 4.39 Å². The van der Waals surface area contributed by atoms with Gasteiger partial charge in [-0.2, -0.15) is 0 Å². The maximum absolute atomic E-state index is 13.3. The Kier molecular flexibility index (Phi) is 3.06. The van der Waals surface area contributed by atoms with Gasteiger partial charge in [0, 0.05) is 5.54 Å². The molecule has 0 amide bonds. The molecule has 0 aromatic heterocycles. The van der Waals surface area contributed by atoms with Crippen LogP contribution in [0.25, 0.3) is 0 Å². The molecule has 0 saturated heterocycles. The Bertz CT molecular complexity index is 342. The maximum Gasteiger partial charge on any atom is 0.126 e. The van der Waals surface area contributed by atoms with Crippen LogP contribution >= 0.6 is 0 Å². The fourth-order valence-electron chi connectivity index (χ4n) is 1.37. The molecule has 0 heterocycles. The molecule has 0 aliphatic rings. The lowest BCUT2D eigenvalue weighted by atomic mass is 9.89. The van der Waals surface area contributed by atoms with Gasteiger partial charge in [0.2, 0.25) is 0 Å². The highest BCUT2D eigenvalue weighted by Crippen LogP contribution is 2.23. The SMILES string of the molecule is C=CC[C@](C)(N)c1ccc(C)c(F)c1. The number of rotatable bonds is 3. The minimum Gasteiger partial charge on any atom is -0.321 e. The third-order valence-corrected chi connectivity index (χ3v) is 2.40. The Balaban J connectivity index is 3.07. The second-order valence-electron chi connectivity index (χ2n) is 3.87. The van der Waals surface area contributed by atoms with E-state index in [2.05, 4.69) is 6.58 Å². The van der Waals surface area contributed by atoms with E-state index < -0.39 is 5.54 Å². The second kappa shape index (κ2) is 3.93. The Morgan fingerprint density at radius 1 is 1.57 bits per heavy atom. The first-order valence-corrected chi connectivity index (χ1v) is 4.64. The van der Waals surface area contributed by atoms with Gasteiger partial charge in [-0.3, -0.25) is 0 Å². The van der Waals surface area contributed by atoms with Gasteiger partial charge in [-0.05, 0) is 37.5 Å². The molecule has 0 bridgehead atoms. The highest BCUT2D eigenvalue weighted by molar-refractivity contribution is 5.29. The first-order chi connectivity index (χ1) is 6.47. The van der Waals surface area contributed by atoms with E-state index in [1.165, 1.54) is 6.07 Å². The topological polar surface area (TPSA) is 26.0 Å². The summed E-state index contributed by atoms with van der Waals surface area (Å²) in [4.78, 5) is 0. The van der Waals surface area contributed by atoms with Crippen LogP contribution in [-0.4, -0.2) is 0 Å². The van der Waals surface area contributed by atoms with Gasteiger partial charge in [-0.15, -0.1) is 6.58 Å². The van der Waals surface area contributed by atoms with Gasteiger partial charge in [0.05, 0.1) is 0 Å². The highest BCUT2D eigenvalue weighted by Gasteiger charge is 2.19. The van der Waals surface area contributed by atoms with Gasteiger partial charge in [0.1, 0.15) is 5.82 Å². The van der Waals surface area contributed by atoms with Crippen molar-refractivity contribution in [2.45, 2.75) is 25.8 Å². The van der Waals surface area contributed by atoms with Crippen LogP contribution in [0.1, 0.15) is 24.5 Å². The Labute approximate surface area is 84.4 Å². The first-order valence-electron chi connectivity index (χ1n) is 4.64. The first kappa shape index (κ1) is 10.9. The van der Waals surface area contributed by atoms with E-state index in [0.717, 1.165) is 5.56 Å². The molecule has 1 aromatic rings. The van der Waals surface area contributed by atoms with Crippen molar-refractivity contribution in [2.75, 3.05) is 0 Å². The van der Waals surface area contributed by atoms with Crippen LogP contribution in [0.15, 0.2) is 30.9 Å². The molecule has 1 aromatic carbocycles. The summed E-state index contributed by atoms with van der Waals surface area (Å²) in [6.45, 7) is 7.25. The Morgan fingerprint density at radius 3 is 2.71 bits per heavy atom. The second-order valence-corrected chi connectivity index (χ2v) is 3.87. The molecule has 76 valence electrons. The van der Waals surface area contributed by atoms with Crippen LogP contribution in [-0.2, 0) is 5.54 Å². The van der Waals surface area contributed by atoms with Crippen molar-refractivity contribution < 1.29 is 4.39 Å². The van der Waals surface area contributed by atoms with E-state index in [0.29, 0.717) is 12.0 Å². The summed E-state index contributed by atoms with van der Waals surface area (Å²) in [5.74, 6) is -0.205. The number of halogens is 1. The third-order valence-electron chi connectivity index (χ3n) is 2.40. The lowest BCUT2D eigenvalue weighted by Crippen LogP contribution is -2.32. The monoisotopic (exact) mass is 193 g/mol. The molecule has 1 atom stereocenters. The van der Waals surface area contributed by atoms with Gasteiger partial charge in [0.15, 0.2) is 0 Å². The lowest BCUT2D eigenvalue weighted by molar-refractivity contribution is 0.496. The number of hydrogen-bond donors (Lipinski definition) is 1. The maximum atomic E-state index is 13.3. The van der Waals surface area contributed by atoms with Crippen LogP contribution in [0.4, 0.5) is 4.39 Å². The average molecular weight is 193 g/mol. The summed E-state index contributed by atoms with van der Waals surface area (Å²) in [5, 5.41) is 0. The molecule has 1 nitrogen and oxygen atoms in total. The molecule has 0 spiro atoms. The standard InChI is InChI=1S/C12H16FN/c1-4-7-12(3,14)10-6-5-9(2)11(13)8-10/h4-6,8H,1,7,14H2,2-3H3/t12-/m0/s1. The van der Waals surface area contributed by atoms with Crippen molar-refractivity contribution in [3.63, 3.8) is 0 Å². The minimum absolute atomic E-state index is 0.205. The quantitative estimate of drug-likeness (QED) is 0.734. The molecular weight excluding hydrogens is 177 g/mol. The van der Waals surface area contributed by atoms with Crippen LogP contribution in [0, 0.1) is 12.7 Å². The fraction of sp³-hybridized carbons (Fsp3) is 0.333. The van der Waals surface area contributed by atoms with Crippen molar-refractivity contribution in [3.8, 4) is 0 Å². The normalized spacial score (nSPS) is 14.9. The van der Waals surface area contributed by atoms with E-state index in [1.54, 1.807) is 19.1 Å². The molecule has 2 N–H and O–H groups in total. The third kappa shape index (κ3) is 2.20. The van der Waals surface area contributed by atoms with Crippen molar-refractivity contribution in [3.05, 3.63) is 47.8 Å². The molecular formula is C12H16FN. The summed E-state index contributed by atoms with van der Waals surface area (Å²) in [6.07, 6.45) is 2.38. The number of aryl methyl sites for hydroxylation is 1. The van der Waals surface area contributed by atoms with Gasteiger partial charge >= 0.3 is 0 Å². The molecule has 0 aliphatic carbocycles. The van der Waals surface area contributed by atoms with Gasteiger partial charge in [-0.25, -0.2) is 4.39 Å². The van der Waals surface area contributed by atoms with Crippen LogP contribution in [0.3, 0.4) is 0 Å². The van der Waals surface area contributed by atoms with Crippen molar-refractivity contribution in [1.29, 1.82) is 0 Å². The molecule has 2 heteroatoms. The summed E-state index contributed by atoms with van der Waals surface area (Å²) in [7, 11) is 0. The van der Waals surface area contributed by atoms with Crippen molar-refractivity contribution >= 4 is 0 Å². The molecule has 0 radical (unpaired) electrons. The zero-order valence-electron chi connectivity index (χ0n) is 8.68. The number of nitrogens with two attached hydrogens (primary N) is 1. The molecule has 0 unspecified atom stereocenters. The fourth-order valence-corrected chi connectivity index (χ4v) is 1.37. The number of benzene rings is 1. The Hall–Kier alpha value is -1.15. The predicted molar refractivity (Wildman–Crippen MR) is 57.5 cm³/mol. The van der Waals surface area contributed by atoms with Gasteiger partial charge < -0.3 is 5.73 Å². The van der Waals surface area contributed by atoms with Crippen LogP contribution < -0.4 is 5.73 Å². The molecule has 1 rings (SSSR count). The Morgan fingerprint density at radius 2 is 2.21 bits per heavy atom. The summed E-state index contributed by atoms with van der Waals surface area (Å²) >= 11 is 0. The van der Waals surface area contributed by atoms with Crippen molar-refractivity contribution in [1.82, 2.24) is 0 Å². The van der Waals surface area contributed by atoms with Crippen molar-refractivity contribution in [2.24, 2.45) is 5.73 Å². The summed E-state index contributed by atoms with van der Waals surface area (Å²) < 4.78 is 13.3. The average Bonchev–Trinajstić information content (AvgIpc) is 2.09. The summed E-state index contributed by atoms with van der Waals surface area (Å²) in [5.41, 5.74) is 6.95.